The van der Waals surface area contributed by atoms with Crippen LogP contribution in [0, 0.1) is 10.5 Å². The molecule has 0 aliphatic carbocycles. The molecule has 37 heavy (non-hydrogen) atoms. The summed E-state index contributed by atoms with van der Waals surface area (Å²) in [6.45, 7) is 4.32. The topological polar surface area (TPSA) is 84.9 Å². The molecule has 3 aromatic rings. The maximum absolute atomic E-state index is 13.3. The summed E-state index contributed by atoms with van der Waals surface area (Å²) >= 11 is 11.5. The Balaban J connectivity index is 1.67. The van der Waals surface area contributed by atoms with Crippen molar-refractivity contribution in [3.05, 3.63) is 89.9 Å². The zero-order valence-electron chi connectivity index (χ0n) is 19.8. The standard InChI is InChI=1S/C27H21BrClIN2O5/c1-3-36-23-13-17(12-21(30)24(23)37-14-16-4-7-19(29)8-5-16)11-20-25(33)31-27(35)32(26(20)34)22-9-6-18(28)10-15(22)2/h4-13H,3,14H2,1-2H3,(H,31,33,35)/b20-11-. The summed E-state index contributed by atoms with van der Waals surface area (Å²) in [6, 6.07) is 15.2. The van der Waals surface area contributed by atoms with Crippen molar-refractivity contribution in [1.29, 1.82) is 0 Å². The number of carbonyl (C=O) groups is 3. The largest absolute Gasteiger partial charge is 0.490 e. The molecule has 0 aromatic heterocycles. The van der Waals surface area contributed by atoms with Crippen LogP contribution in [0.1, 0.15) is 23.6 Å². The predicted octanol–water partition coefficient (Wildman–Crippen LogP) is 6.66. The molecule has 1 heterocycles. The second kappa shape index (κ2) is 11.7. The third-order valence-corrected chi connectivity index (χ3v) is 6.99. The van der Waals surface area contributed by atoms with Crippen molar-refractivity contribution in [1.82, 2.24) is 5.32 Å². The first kappa shape index (κ1) is 27.2. The van der Waals surface area contributed by atoms with E-state index in [4.69, 9.17) is 21.1 Å². The van der Waals surface area contributed by atoms with Gasteiger partial charge in [-0.25, -0.2) is 9.69 Å². The highest BCUT2D eigenvalue weighted by Crippen LogP contribution is 2.36. The fourth-order valence-corrected chi connectivity index (χ4v) is 5.11. The van der Waals surface area contributed by atoms with Crippen LogP contribution in [-0.2, 0) is 16.2 Å². The van der Waals surface area contributed by atoms with Crippen LogP contribution in [0.25, 0.3) is 6.08 Å². The van der Waals surface area contributed by atoms with Gasteiger partial charge in [0, 0.05) is 9.50 Å². The van der Waals surface area contributed by atoms with Gasteiger partial charge in [0.2, 0.25) is 0 Å². The first-order valence-electron chi connectivity index (χ1n) is 11.2. The molecule has 4 amide bonds. The van der Waals surface area contributed by atoms with Crippen molar-refractivity contribution in [2.45, 2.75) is 20.5 Å². The summed E-state index contributed by atoms with van der Waals surface area (Å²) in [4.78, 5) is 39.5. The fourth-order valence-electron chi connectivity index (χ4n) is 3.72. The van der Waals surface area contributed by atoms with Crippen LogP contribution in [0.15, 0.2) is 64.6 Å². The predicted molar refractivity (Wildman–Crippen MR) is 154 cm³/mol. The zero-order chi connectivity index (χ0) is 26.7. The molecular weight excluding hydrogens is 675 g/mol. The van der Waals surface area contributed by atoms with Gasteiger partial charge in [-0.3, -0.25) is 14.9 Å². The van der Waals surface area contributed by atoms with Crippen LogP contribution in [0.2, 0.25) is 5.02 Å². The van der Waals surface area contributed by atoms with E-state index in [0.717, 1.165) is 18.5 Å². The molecule has 1 aliphatic heterocycles. The molecule has 1 fully saturated rings. The van der Waals surface area contributed by atoms with E-state index >= 15 is 0 Å². The number of amides is 4. The van der Waals surface area contributed by atoms with Crippen molar-refractivity contribution in [3.63, 3.8) is 0 Å². The van der Waals surface area contributed by atoms with E-state index in [1.165, 1.54) is 6.08 Å². The highest BCUT2D eigenvalue weighted by atomic mass is 127. The molecule has 4 rings (SSSR count). The Hall–Kier alpha value is -2.89. The van der Waals surface area contributed by atoms with Crippen LogP contribution in [0.5, 0.6) is 11.5 Å². The molecule has 0 saturated carbocycles. The van der Waals surface area contributed by atoms with Gasteiger partial charge in [0.05, 0.1) is 15.9 Å². The Kier molecular flexibility index (Phi) is 8.56. The number of hydrogen-bond acceptors (Lipinski definition) is 5. The highest BCUT2D eigenvalue weighted by molar-refractivity contribution is 14.1. The molecule has 0 atom stereocenters. The van der Waals surface area contributed by atoms with Crippen molar-refractivity contribution in [2.75, 3.05) is 11.5 Å². The van der Waals surface area contributed by atoms with E-state index in [0.29, 0.717) is 46.5 Å². The number of barbiturate groups is 1. The molecule has 1 N–H and O–H groups in total. The van der Waals surface area contributed by atoms with Crippen LogP contribution in [-0.4, -0.2) is 24.5 Å². The molecule has 1 aliphatic rings. The molecule has 0 unspecified atom stereocenters. The molecule has 0 radical (unpaired) electrons. The van der Waals surface area contributed by atoms with Crippen LogP contribution >= 0.6 is 50.1 Å². The number of carbonyl (C=O) groups excluding carboxylic acids is 3. The number of imide groups is 2. The average molecular weight is 696 g/mol. The lowest BCUT2D eigenvalue weighted by Crippen LogP contribution is -2.54. The first-order chi connectivity index (χ1) is 17.7. The molecular formula is C27H21BrClIN2O5. The number of rotatable bonds is 7. The van der Waals surface area contributed by atoms with E-state index in [9.17, 15) is 14.4 Å². The van der Waals surface area contributed by atoms with Crippen LogP contribution < -0.4 is 19.7 Å². The number of aryl methyl sites for hydroxylation is 1. The molecule has 190 valence electrons. The van der Waals surface area contributed by atoms with E-state index in [-0.39, 0.29) is 5.57 Å². The lowest BCUT2D eigenvalue weighted by Gasteiger charge is -2.27. The van der Waals surface area contributed by atoms with E-state index in [1.807, 2.05) is 19.1 Å². The number of ether oxygens (including phenoxy) is 2. The minimum Gasteiger partial charge on any atom is -0.490 e. The smallest absolute Gasteiger partial charge is 0.335 e. The summed E-state index contributed by atoms with van der Waals surface area (Å²) in [7, 11) is 0. The second-order valence-electron chi connectivity index (χ2n) is 8.07. The Morgan fingerprint density at radius 3 is 2.46 bits per heavy atom. The second-order valence-corrected chi connectivity index (χ2v) is 10.6. The van der Waals surface area contributed by atoms with Crippen LogP contribution in [0.3, 0.4) is 0 Å². The summed E-state index contributed by atoms with van der Waals surface area (Å²) in [6.07, 6.45) is 1.44. The van der Waals surface area contributed by atoms with E-state index < -0.39 is 17.8 Å². The number of hydrogen-bond donors (Lipinski definition) is 1. The monoisotopic (exact) mass is 694 g/mol. The number of anilines is 1. The van der Waals surface area contributed by atoms with Crippen molar-refractivity contribution >= 4 is 79.7 Å². The van der Waals surface area contributed by atoms with Crippen molar-refractivity contribution in [2.24, 2.45) is 0 Å². The van der Waals surface area contributed by atoms with Gasteiger partial charge in [-0.2, -0.15) is 0 Å². The zero-order valence-corrected chi connectivity index (χ0v) is 24.3. The van der Waals surface area contributed by atoms with Gasteiger partial charge in [-0.1, -0.05) is 39.7 Å². The Morgan fingerprint density at radius 1 is 1.05 bits per heavy atom. The Morgan fingerprint density at radius 2 is 1.78 bits per heavy atom. The molecule has 10 heteroatoms. The minimum absolute atomic E-state index is 0.171. The molecule has 0 bridgehead atoms. The number of halogens is 3. The van der Waals surface area contributed by atoms with Gasteiger partial charge in [-0.05, 0) is 102 Å². The lowest BCUT2D eigenvalue weighted by atomic mass is 10.1. The number of benzene rings is 3. The summed E-state index contributed by atoms with van der Waals surface area (Å²) in [5.41, 5.74) is 2.40. The average Bonchev–Trinajstić information content (AvgIpc) is 2.84. The maximum atomic E-state index is 13.3. The van der Waals surface area contributed by atoms with Gasteiger partial charge < -0.3 is 9.47 Å². The minimum atomic E-state index is -0.798. The van der Waals surface area contributed by atoms with Crippen LogP contribution in [0.4, 0.5) is 10.5 Å². The molecule has 0 spiro atoms. The molecule has 3 aromatic carbocycles. The Labute approximate surface area is 241 Å². The summed E-state index contributed by atoms with van der Waals surface area (Å²) in [5, 5.41) is 2.90. The normalized spacial score (nSPS) is 14.7. The maximum Gasteiger partial charge on any atom is 0.335 e. The first-order valence-corrected chi connectivity index (χ1v) is 13.4. The van der Waals surface area contributed by atoms with Gasteiger partial charge in [0.25, 0.3) is 11.8 Å². The lowest BCUT2D eigenvalue weighted by molar-refractivity contribution is -0.122. The molecule has 7 nitrogen and oxygen atoms in total. The number of urea groups is 1. The van der Waals surface area contributed by atoms with Gasteiger partial charge in [-0.15, -0.1) is 0 Å². The van der Waals surface area contributed by atoms with Crippen molar-refractivity contribution in [3.8, 4) is 11.5 Å². The Bertz CT molecular complexity index is 1430. The number of nitrogens with one attached hydrogen (secondary N) is 1. The van der Waals surface area contributed by atoms with Crippen molar-refractivity contribution < 1.29 is 23.9 Å². The number of nitrogens with zero attached hydrogens (tertiary/aromatic N) is 1. The highest BCUT2D eigenvalue weighted by Gasteiger charge is 2.37. The quantitative estimate of drug-likeness (QED) is 0.170. The molecule has 1 saturated heterocycles. The van der Waals surface area contributed by atoms with E-state index in [2.05, 4.69) is 43.8 Å². The summed E-state index contributed by atoms with van der Waals surface area (Å²) in [5.74, 6) is -0.468. The van der Waals surface area contributed by atoms with Gasteiger partial charge in [0.1, 0.15) is 12.2 Å². The van der Waals surface area contributed by atoms with Gasteiger partial charge >= 0.3 is 6.03 Å². The SMILES string of the molecule is CCOc1cc(/C=C2/C(=O)NC(=O)N(c3ccc(Br)cc3C)C2=O)cc(I)c1OCc1ccc(Cl)cc1. The van der Waals surface area contributed by atoms with Gasteiger partial charge in [0.15, 0.2) is 11.5 Å². The van der Waals surface area contributed by atoms with E-state index in [1.54, 1.807) is 49.4 Å². The third kappa shape index (κ3) is 6.16. The fraction of sp³-hybridized carbons (Fsp3) is 0.148. The summed E-state index contributed by atoms with van der Waals surface area (Å²) < 4.78 is 13.4. The third-order valence-electron chi connectivity index (χ3n) is 5.44.